The molecule has 0 aliphatic rings. The van der Waals surface area contributed by atoms with Crippen LogP contribution in [0.4, 0.5) is 10.6 Å². The third-order valence-corrected chi connectivity index (χ3v) is 1.07. The Bertz CT molecular complexity index is 289. The molecule has 3 N–H and O–H groups in total. The molecule has 6 heteroatoms. The molecule has 1 aromatic heterocycles. The molecule has 0 atom stereocenters. The van der Waals surface area contributed by atoms with Crippen LogP contribution in [-0.2, 0) is 0 Å². The van der Waals surface area contributed by atoms with Gasteiger partial charge in [0.05, 0.1) is 7.11 Å². The highest BCUT2D eigenvalue weighted by molar-refractivity contribution is 5.86. The number of nitrogens with one attached hydrogen (secondary N) is 1. The first-order valence-corrected chi connectivity index (χ1v) is 3.16. The summed E-state index contributed by atoms with van der Waals surface area (Å²) in [6, 6.07) is 1.02. The van der Waals surface area contributed by atoms with Crippen LogP contribution in [0.3, 0.4) is 0 Å². The molecule has 0 aliphatic carbocycles. The molecule has 0 spiro atoms. The van der Waals surface area contributed by atoms with Crippen molar-refractivity contribution < 1.29 is 9.53 Å². The Hall–Kier alpha value is -1.85. The van der Waals surface area contributed by atoms with Crippen LogP contribution in [0.2, 0.25) is 0 Å². The fraction of sp³-hybridized carbons (Fsp3) is 0.167. The molecular weight excluding hydrogens is 160 g/mol. The monoisotopic (exact) mass is 168 g/mol. The smallest absolute Gasteiger partial charge is 0.318 e. The number of methoxy groups -OCH3 is 1. The van der Waals surface area contributed by atoms with Crippen LogP contribution in [0.1, 0.15) is 0 Å². The van der Waals surface area contributed by atoms with Crippen molar-refractivity contribution in [1.82, 2.24) is 9.97 Å². The van der Waals surface area contributed by atoms with Gasteiger partial charge in [0.2, 0.25) is 0 Å². The topological polar surface area (TPSA) is 90.1 Å². The molecule has 2 amide bonds. The minimum Gasteiger partial charge on any atom is -0.467 e. The lowest BCUT2D eigenvalue weighted by Crippen LogP contribution is -2.20. The van der Waals surface area contributed by atoms with Gasteiger partial charge in [0, 0.05) is 6.20 Å². The van der Waals surface area contributed by atoms with Gasteiger partial charge in [-0.05, 0) is 6.07 Å². The van der Waals surface area contributed by atoms with Crippen molar-refractivity contribution in [3.63, 3.8) is 0 Å². The van der Waals surface area contributed by atoms with Crippen LogP contribution in [0.25, 0.3) is 0 Å². The maximum Gasteiger partial charge on any atom is 0.318 e. The van der Waals surface area contributed by atoms with E-state index in [1.165, 1.54) is 19.4 Å². The van der Waals surface area contributed by atoms with Crippen molar-refractivity contribution in [1.29, 1.82) is 0 Å². The molecule has 0 saturated carbocycles. The molecule has 6 nitrogen and oxygen atoms in total. The lowest BCUT2D eigenvalue weighted by atomic mass is 10.6. The van der Waals surface area contributed by atoms with E-state index < -0.39 is 6.03 Å². The average Bonchev–Trinajstić information content (AvgIpc) is 2.03. The highest BCUT2D eigenvalue weighted by atomic mass is 16.5. The lowest BCUT2D eigenvalue weighted by molar-refractivity contribution is 0.259. The summed E-state index contributed by atoms with van der Waals surface area (Å²) in [7, 11) is 1.43. The van der Waals surface area contributed by atoms with Crippen molar-refractivity contribution >= 4 is 11.8 Å². The van der Waals surface area contributed by atoms with Crippen molar-refractivity contribution in [2.75, 3.05) is 12.4 Å². The van der Waals surface area contributed by atoms with Crippen molar-refractivity contribution in [2.24, 2.45) is 5.73 Å². The molecule has 0 aliphatic heterocycles. The summed E-state index contributed by atoms with van der Waals surface area (Å²) in [5, 5.41) is 2.29. The number of hydrogen-bond acceptors (Lipinski definition) is 4. The zero-order valence-electron chi connectivity index (χ0n) is 6.44. The number of urea groups is 1. The molecule has 1 heterocycles. The number of anilines is 1. The number of rotatable bonds is 2. The molecule has 0 unspecified atom stereocenters. The van der Waals surface area contributed by atoms with E-state index in [9.17, 15) is 4.79 Å². The predicted molar refractivity (Wildman–Crippen MR) is 41.8 cm³/mol. The van der Waals surface area contributed by atoms with Gasteiger partial charge in [-0.1, -0.05) is 0 Å². The van der Waals surface area contributed by atoms with Crippen LogP contribution in [0, 0.1) is 0 Å². The lowest BCUT2D eigenvalue weighted by Gasteiger charge is -2.00. The van der Waals surface area contributed by atoms with Crippen molar-refractivity contribution in [2.45, 2.75) is 0 Å². The Morgan fingerprint density at radius 2 is 2.50 bits per heavy atom. The number of nitrogens with two attached hydrogens (primary N) is 1. The van der Waals surface area contributed by atoms with Gasteiger partial charge in [-0.3, -0.25) is 5.32 Å². The second kappa shape index (κ2) is 3.51. The highest BCUT2D eigenvalue weighted by Gasteiger charge is 1.99. The largest absolute Gasteiger partial charge is 0.467 e. The standard InChI is InChI=1S/C6H8N4O2/c1-12-6-8-3-2-4(10-6)9-5(7)11/h2-3H,1H3,(H3,7,8,9,10,11). The number of carbonyl (C=O) groups excluding carboxylic acids is 1. The number of carbonyl (C=O) groups is 1. The molecule has 0 aromatic carbocycles. The Morgan fingerprint density at radius 1 is 1.75 bits per heavy atom. The first kappa shape index (κ1) is 8.25. The highest BCUT2D eigenvalue weighted by Crippen LogP contribution is 2.05. The number of nitrogens with zero attached hydrogens (tertiary/aromatic N) is 2. The first-order chi connectivity index (χ1) is 5.72. The van der Waals surface area contributed by atoms with E-state index in [0.29, 0.717) is 5.82 Å². The molecule has 12 heavy (non-hydrogen) atoms. The third kappa shape index (κ3) is 2.08. The van der Waals surface area contributed by atoms with Crippen LogP contribution in [0.15, 0.2) is 12.3 Å². The molecule has 1 rings (SSSR count). The van der Waals surface area contributed by atoms with E-state index in [2.05, 4.69) is 15.3 Å². The average molecular weight is 168 g/mol. The number of amides is 2. The van der Waals surface area contributed by atoms with E-state index in [1.807, 2.05) is 0 Å². The van der Waals surface area contributed by atoms with Crippen LogP contribution in [0.5, 0.6) is 6.01 Å². The molecular formula is C6H8N4O2. The number of ether oxygens (including phenoxy) is 1. The molecule has 0 radical (unpaired) electrons. The second-order valence-corrected chi connectivity index (χ2v) is 1.92. The minimum absolute atomic E-state index is 0.182. The van der Waals surface area contributed by atoms with Gasteiger partial charge in [-0.2, -0.15) is 4.98 Å². The normalized spacial score (nSPS) is 9.08. The summed E-state index contributed by atoms with van der Waals surface area (Å²) >= 11 is 0. The molecule has 1 aromatic rings. The van der Waals surface area contributed by atoms with Gasteiger partial charge in [-0.25, -0.2) is 9.78 Å². The molecule has 0 bridgehead atoms. The van der Waals surface area contributed by atoms with Gasteiger partial charge in [0.25, 0.3) is 0 Å². The van der Waals surface area contributed by atoms with E-state index in [0.717, 1.165) is 0 Å². The van der Waals surface area contributed by atoms with E-state index >= 15 is 0 Å². The Morgan fingerprint density at radius 3 is 3.08 bits per heavy atom. The predicted octanol–water partition coefficient (Wildman–Crippen LogP) is -0.0242. The van der Waals surface area contributed by atoms with Gasteiger partial charge >= 0.3 is 12.0 Å². The zero-order chi connectivity index (χ0) is 8.97. The SMILES string of the molecule is COc1nccc(NC(N)=O)n1. The fourth-order valence-corrected chi connectivity index (χ4v) is 0.635. The van der Waals surface area contributed by atoms with Crippen molar-refractivity contribution in [3.8, 4) is 6.01 Å². The maximum absolute atomic E-state index is 10.4. The van der Waals surface area contributed by atoms with Crippen LogP contribution in [-0.4, -0.2) is 23.1 Å². The summed E-state index contributed by atoms with van der Waals surface area (Å²) in [6.07, 6.45) is 1.46. The number of primary amides is 1. The Kier molecular flexibility index (Phi) is 2.42. The Balaban J connectivity index is 2.79. The summed E-state index contributed by atoms with van der Waals surface area (Å²) in [5.41, 5.74) is 4.86. The van der Waals surface area contributed by atoms with Crippen molar-refractivity contribution in [3.05, 3.63) is 12.3 Å². The number of aromatic nitrogens is 2. The van der Waals surface area contributed by atoms with Crippen LogP contribution >= 0.6 is 0 Å². The van der Waals surface area contributed by atoms with Gasteiger partial charge < -0.3 is 10.5 Å². The number of hydrogen-bond donors (Lipinski definition) is 2. The maximum atomic E-state index is 10.4. The zero-order valence-corrected chi connectivity index (χ0v) is 6.44. The van der Waals surface area contributed by atoms with E-state index in [4.69, 9.17) is 10.5 Å². The van der Waals surface area contributed by atoms with Crippen LogP contribution < -0.4 is 15.8 Å². The summed E-state index contributed by atoms with van der Waals surface area (Å²) in [4.78, 5) is 17.9. The van der Waals surface area contributed by atoms with E-state index in [-0.39, 0.29) is 6.01 Å². The van der Waals surface area contributed by atoms with E-state index in [1.54, 1.807) is 0 Å². The minimum atomic E-state index is -0.671. The second-order valence-electron chi connectivity index (χ2n) is 1.92. The first-order valence-electron chi connectivity index (χ1n) is 3.16. The third-order valence-electron chi connectivity index (χ3n) is 1.07. The molecule has 0 saturated heterocycles. The fourth-order valence-electron chi connectivity index (χ4n) is 0.635. The van der Waals surface area contributed by atoms with Gasteiger partial charge in [-0.15, -0.1) is 0 Å². The molecule has 0 fully saturated rings. The van der Waals surface area contributed by atoms with Gasteiger partial charge in [0.15, 0.2) is 0 Å². The summed E-state index contributed by atoms with van der Waals surface area (Å²) in [6.45, 7) is 0. The summed E-state index contributed by atoms with van der Waals surface area (Å²) < 4.78 is 4.72. The Labute approximate surface area is 68.8 Å². The van der Waals surface area contributed by atoms with Gasteiger partial charge in [0.1, 0.15) is 5.82 Å². The quantitative estimate of drug-likeness (QED) is 0.649. The molecule has 64 valence electrons. The summed E-state index contributed by atoms with van der Waals surface area (Å²) in [5.74, 6) is 0.314.